The van der Waals surface area contributed by atoms with E-state index in [1.165, 1.54) is 16.9 Å². The summed E-state index contributed by atoms with van der Waals surface area (Å²) < 4.78 is 5.65. The molecule has 0 fully saturated rings. The highest BCUT2D eigenvalue weighted by atomic mass is 32.1. The molecule has 0 saturated heterocycles. The fourth-order valence-corrected chi connectivity index (χ4v) is 3.39. The third kappa shape index (κ3) is 3.48. The number of rotatable bonds is 6. The van der Waals surface area contributed by atoms with Gasteiger partial charge in [0.25, 0.3) is 0 Å². The molecular formula is C18H21N3O2S. The zero-order valence-corrected chi connectivity index (χ0v) is 15.0. The molecular weight excluding hydrogens is 322 g/mol. The lowest BCUT2D eigenvalue weighted by Crippen LogP contribution is -2.14. The number of carbonyl (C=O) groups excluding carboxylic acids is 1. The predicted octanol–water partition coefficient (Wildman–Crippen LogP) is 4.42. The second kappa shape index (κ2) is 7.13. The molecule has 0 aliphatic heterocycles. The summed E-state index contributed by atoms with van der Waals surface area (Å²) in [4.78, 5) is 12.3. The number of fused-ring (bicyclic) bond motifs is 1. The molecule has 6 heteroatoms. The maximum absolute atomic E-state index is 12.3. The summed E-state index contributed by atoms with van der Waals surface area (Å²) in [6.07, 6.45) is 5.05. The molecule has 3 aromatic rings. The van der Waals surface area contributed by atoms with E-state index in [4.69, 9.17) is 4.42 Å². The number of furan rings is 1. The molecule has 24 heavy (non-hydrogen) atoms. The van der Waals surface area contributed by atoms with Gasteiger partial charge in [0.05, 0.1) is 12.7 Å². The molecule has 1 N–H and O–H groups in total. The summed E-state index contributed by atoms with van der Waals surface area (Å²) in [6.45, 7) is 6.22. The molecule has 1 amide bonds. The smallest absolute Gasteiger partial charge is 0.230 e. The van der Waals surface area contributed by atoms with Gasteiger partial charge in [-0.1, -0.05) is 36.8 Å². The van der Waals surface area contributed by atoms with Gasteiger partial charge in [0, 0.05) is 17.4 Å². The van der Waals surface area contributed by atoms with Crippen molar-refractivity contribution in [3.8, 4) is 0 Å². The van der Waals surface area contributed by atoms with Crippen LogP contribution in [-0.4, -0.2) is 16.1 Å². The maximum Gasteiger partial charge on any atom is 0.230 e. The molecule has 0 aliphatic carbocycles. The number of nitrogens with one attached hydrogen (secondary N) is 1. The van der Waals surface area contributed by atoms with Gasteiger partial charge >= 0.3 is 0 Å². The number of carbonyl (C=O) groups is 1. The van der Waals surface area contributed by atoms with Crippen LogP contribution in [0.1, 0.15) is 41.5 Å². The lowest BCUT2D eigenvalue weighted by atomic mass is 10.0. The Morgan fingerprint density at radius 1 is 1.29 bits per heavy atom. The lowest BCUT2D eigenvalue weighted by molar-refractivity contribution is -0.115. The van der Waals surface area contributed by atoms with Gasteiger partial charge in [0.15, 0.2) is 0 Å². The fourth-order valence-electron chi connectivity index (χ4n) is 2.59. The van der Waals surface area contributed by atoms with Gasteiger partial charge < -0.3 is 9.73 Å². The molecule has 0 saturated carbocycles. The number of benzene rings is 1. The standard InChI is InChI=1S/C18H21N3O2S/c1-4-5-6-16-20-21-18(24-16)19-15(22)9-13-10-23-17-12(3)11(2)7-8-14(13)17/h7-8,10H,4-6,9H2,1-3H3,(H,19,21,22). The Morgan fingerprint density at radius 3 is 2.92 bits per heavy atom. The van der Waals surface area contributed by atoms with Crippen LogP contribution in [0.5, 0.6) is 0 Å². The van der Waals surface area contributed by atoms with Crippen LogP contribution in [0.25, 0.3) is 11.0 Å². The molecule has 0 bridgehead atoms. The molecule has 0 spiro atoms. The van der Waals surface area contributed by atoms with E-state index in [0.717, 1.165) is 46.4 Å². The third-order valence-corrected chi connectivity index (χ3v) is 5.05. The van der Waals surface area contributed by atoms with E-state index in [9.17, 15) is 4.79 Å². The largest absolute Gasteiger partial charge is 0.464 e. The SMILES string of the molecule is CCCCc1nnc(NC(=O)Cc2coc3c(C)c(C)ccc23)s1. The van der Waals surface area contributed by atoms with E-state index in [0.29, 0.717) is 5.13 Å². The maximum atomic E-state index is 12.3. The number of nitrogens with zero attached hydrogens (tertiary/aromatic N) is 2. The zero-order valence-electron chi connectivity index (χ0n) is 14.2. The van der Waals surface area contributed by atoms with E-state index in [2.05, 4.69) is 35.4 Å². The average molecular weight is 343 g/mol. The van der Waals surface area contributed by atoms with E-state index >= 15 is 0 Å². The molecule has 2 heterocycles. The number of hydrogen-bond donors (Lipinski definition) is 1. The van der Waals surface area contributed by atoms with Gasteiger partial charge in [-0.15, -0.1) is 10.2 Å². The Hall–Kier alpha value is -2.21. The number of anilines is 1. The Kier molecular flexibility index (Phi) is 4.94. The quantitative estimate of drug-likeness (QED) is 0.719. The van der Waals surface area contributed by atoms with Gasteiger partial charge in [-0.05, 0) is 31.4 Å². The van der Waals surface area contributed by atoms with Gasteiger partial charge in [-0.25, -0.2) is 0 Å². The number of unbranched alkanes of at least 4 members (excludes halogenated alkanes) is 1. The molecule has 0 aliphatic rings. The summed E-state index contributed by atoms with van der Waals surface area (Å²) >= 11 is 1.44. The van der Waals surface area contributed by atoms with E-state index in [1.807, 2.05) is 13.0 Å². The molecule has 2 aromatic heterocycles. The minimum atomic E-state index is -0.103. The van der Waals surface area contributed by atoms with Crippen molar-refractivity contribution in [1.29, 1.82) is 0 Å². The topological polar surface area (TPSA) is 68.0 Å². The number of aromatic nitrogens is 2. The van der Waals surface area contributed by atoms with Crippen LogP contribution in [0, 0.1) is 13.8 Å². The van der Waals surface area contributed by atoms with Crippen molar-refractivity contribution in [3.05, 3.63) is 40.1 Å². The monoisotopic (exact) mass is 343 g/mol. The van der Waals surface area contributed by atoms with Crippen molar-refractivity contribution < 1.29 is 9.21 Å². The molecule has 0 radical (unpaired) electrons. The third-order valence-electron chi connectivity index (χ3n) is 4.15. The van der Waals surface area contributed by atoms with Crippen LogP contribution in [0.15, 0.2) is 22.8 Å². The van der Waals surface area contributed by atoms with Crippen LogP contribution >= 0.6 is 11.3 Å². The molecule has 3 rings (SSSR count). The summed E-state index contributed by atoms with van der Waals surface area (Å²) in [5.41, 5.74) is 4.04. The molecule has 5 nitrogen and oxygen atoms in total. The summed E-state index contributed by atoms with van der Waals surface area (Å²) in [6, 6.07) is 4.07. The summed E-state index contributed by atoms with van der Waals surface area (Å²) in [7, 11) is 0. The lowest BCUT2D eigenvalue weighted by Gasteiger charge is -2.02. The minimum absolute atomic E-state index is 0.103. The van der Waals surface area contributed by atoms with Crippen molar-refractivity contribution in [2.45, 2.75) is 46.5 Å². The highest BCUT2D eigenvalue weighted by Crippen LogP contribution is 2.27. The van der Waals surface area contributed by atoms with Crippen LogP contribution in [0.2, 0.25) is 0 Å². The predicted molar refractivity (Wildman–Crippen MR) is 96.5 cm³/mol. The van der Waals surface area contributed by atoms with Crippen LogP contribution in [0.4, 0.5) is 5.13 Å². The van der Waals surface area contributed by atoms with Gasteiger partial charge in [0.1, 0.15) is 10.6 Å². The Balaban J connectivity index is 1.69. The van der Waals surface area contributed by atoms with E-state index in [1.54, 1.807) is 6.26 Å². The van der Waals surface area contributed by atoms with Crippen molar-refractivity contribution in [2.75, 3.05) is 5.32 Å². The first kappa shape index (κ1) is 16.6. The fraction of sp³-hybridized carbons (Fsp3) is 0.389. The average Bonchev–Trinajstić information content (AvgIpc) is 3.16. The normalized spacial score (nSPS) is 11.1. The van der Waals surface area contributed by atoms with Crippen molar-refractivity contribution in [3.63, 3.8) is 0 Å². The highest BCUT2D eigenvalue weighted by molar-refractivity contribution is 7.15. The van der Waals surface area contributed by atoms with Crippen molar-refractivity contribution >= 4 is 33.3 Å². The second-order valence-electron chi connectivity index (χ2n) is 5.97. The van der Waals surface area contributed by atoms with Crippen LogP contribution in [0.3, 0.4) is 0 Å². The number of hydrogen-bond acceptors (Lipinski definition) is 5. The van der Waals surface area contributed by atoms with E-state index in [-0.39, 0.29) is 12.3 Å². The second-order valence-corrected chi connectivity index (χ2v) is 7.04. The number of amides is 1. The molecule has 0 unspecified atom stereocenters. The molecule has 1 aromatic carbocycles. The summed E-state index contributed by atoms with van der Waals surface area (Å²) in [5, 5.41) is 13.5. The molecule has 0 atom stereocenters. The van der Waals surface area contributed by atoms with Crippen LogP contribution in [-0.2, 0) is 17.6 Å². The first-order chi connectivity index (χ1) is 11.6. The minimum Gasteiger partial charge on any atom is -0.464 e. The molecule has 126 valence electrons. The van der Waals surface area contributed by atoms with Crippen molar-refractivity contribution in [1.82, 2.24) is 10.2 Å². The zero-order chi connectivity index (χ0) is 17.1. The van der Waals surface area contributed by atoms with Crippen molar-refractivity contribution in [2.24, 2.45) is 0 Å². The Morgan fingerprint density at radius 2 is 2.12 bits per heavy atom. The first-order valence-electron chi connectivity index (χ1n) is 8.17. The Bertz CT molecular complexity index is 866. The Labute approximate surface area is 145 Å². The van der Waals surface area contributed by atoms with Gasteiger partial charge in [-0.2, -0.15) is 0 Å². The van der Waals surface area contributed by atoms with Gasteiger partial charge in [0.2, 0.25) is 11.0 Å². The summed E-state index contributed by atoms with van der Waals surface area (Å²) in [5.74, 6) is -0.103. The first-order valence-corrected chi connectivity index (χ1v) is 8.98. The highest BCUT2D eigenvalue weighted by Gasteiger charge is 2.14. The van der Waals surface area contributed by atoms with Crippen LogP contribution < -0.4 is 5.32 Å². The number of aryl methyl sites for hydroxylation is 3. The van der Waals surface area contributed by atoms with E-state index < -0.39 is 0 Å². The van der Waals surface area contributed by atoms with Gasteiger partial charge in [-0.3, -0.25) is 4.79 Å².